The monoisotopic (exact) mass is 388 g/mol. The molecule has 1 saturated carbocycles. The van der Waals surface area contributed by atoms with Gasteiger partial charge >= 0.3 is 0 Å². The van der Waals surface area contributed by atoms with Gasteiger partial charge in [0.25, 0.3) is 0 Å². The van der Waals surface area contributed by atoms with Crippen molar-refractivity contribution in [2.75, 3.05) is 6.61 Å². The molecular weight excluding hydrogens is 348 g/mol. The quantitative estimate of drug-likeness (QED) is 0.409. The van der Waals surface area contributed by atoms with Gasteiger partial charge in [0.2, 0.25) is 0 Å². The van der Waals surface area contributed by atoms with Crippen molar-refractivity contribution >= 4 is 11.6 Å². The van der Waals surface area contributed by atoms with E-state index in [2.05, 4.69) is 33.8 Å². The van der Waals surface area contributed by atoms with Crippen LogP contribution in [0.25, 0.3) is 0 Å². The fourth-order valence-corrected chi connectivity index (χ4v) is 5.51. The molecule has 0 unspecified atom stereocenters. The lowest BCUT2D eigenvalue weighted by Gasteiger charge is -2.52. The number of hydrogen-bond acceptors (Lipinski definition) is 3. The maximum absolute atomic E-state index is 12.7. The van der Waals surface area contributed by atoms with Gasteiger partial charge in [-0.1, -0.05) is 51.3 Å². The minimum Gasteiger partial charge on any atom is -0.368 e. The summed E-state index contributed by atoms with van der Waals surface area (Å²) in [6, 6.07) is 0. The van der Waals surface area contributed by atoms with Crippen LogP contribution in [0.5, 0.6) is 0 Å². The van der Waals surface area contributed by atoms with Crippen LogP contribution in [0, 0.1) is 22.7 Å². The fraction of sp³-hybridized carbons (Fsp3) is 0.760. The lowest BCUT2D eigenvalue weighted by molar-refractivity contribution is -0.132. The molecule has 0 aliphatic heterocycles. The van der Waals surface area contributed by atoms with Crippen molar-refractivity contribution in [2.24, 2.45) is 22.7 Å². The molecular formula is C25H40O3. The van der Waals surface area contributed by atoms with Gasteiger partial charge in [0.1, 0.15) is 6.61 Å². The number of carbonyl (C=O) groups excluding carboxylic acids is 2. The lowest BCUT2D eigenvalue weighted by Crippen LogP contribution is -2.44. The minimum atomic E-state index is -0.285. The number of ether oxygens (including phenoxy) is 1. The maximum Gasteiger partial charge on any atom is 0.159 e. The first kappa shape index (κ1) is 23.1. The van der Waals surface area contributed by atoms with Gasteiger partial charge in [-0.2, -0.15) is 0 Å². The molecule has 158 valence electrons. The van der Waals surface area contributed by atoms with Gasteiger partial charge in [-0.05, 0) is 70.3 Å². The third-order valence-electron chi connectivity index (χ3n) is 6.90. The average Bonchev–Trinajstić information content (AvgIpc) is 2.54. The van der Waals surface area contributed by atoms with E-state index in [9.17, 15) is 9.59 Å². The Morgan fingerprint density at radius 3 is 2.43 bits per heavy atom. The first-order chi connectivity index (χ1) is 12.8. The summed E-state index contributed by atoms with van der Waals surface area (Å²) in [6.07, 6.45) is 8.88. The highest BCUT2D eigenvalue weighted by atomic mass is 16.5. The summed E-state index contributed by atoms with van der Waals surface area (Å²) in [4.78, 5) is 24.4. The molecule has 0 bridgehead atoms. The molecule has 3 atom stereocenters. The van der Waals surface area contributed by atoms with Crippen LogP contribution in [-0.2, 0) is 14.3 Å². The van der Waals surface area contributed by atoms with Crippen LogP contribution in [-0.4, -0.2) is 23.8 Å². The van der Waals surface area contributed by atoms with Crippen LogP contribution >= 0.6 is 0 Å². The summed E-state index contributed by atoms with van der Waals surface area (Å²) in [6.45, 7) is 16.9. The first-order valence-electron chi connectivity index (χ1n) is 10.9. The van der Waals surface area contributed by atoms with Gasteiger partial charge in [0.05, 0.1) is 5.60 Å². The van der Waals surface area contributed by atoms with E-state index in [1.165, 1.54) is 11.1 Å². The predicted molar refractivity (Wildman–Crippen MR) is 115 cm³/mol. The highest BCUT2D eigenvalue weighted by Crippen LogP contribution is 2.58. The molecule has 28 heavy (non-hydrogen) atoms. The summed E-state index contributed by atoms with van der Waals surface area (Å²) in [7, 11) is 0. The summed E-state index contributed by atoms with van der Waals surface area (Å²) < 4.78 is 5.73. The number of Topliss-reactive ketones (excluding diaryl/α,β-unsaturated/α-hetero) is 1. The van der Waals surface area contributed by atoms with E-state index < -0.39 is 0 Å². The van der Waals surface area contributed by atoms with Gasteiger partial charge < -0.3 is 4.74 Å². The van der Waals surface area contributed by atoms with E-state index in [-0.39, 0.29) is 34.6 Å². The maximum atomic E-state index is 12.7. The zero-order valence-corrected chi connectivity index (χ0v) is 19.3. The number of allylic oxidation sites excluding steroid dienone is 4. The van der Waals surface area contributed by atoms with Crippen LogP contribution in [0.2, 0.25) is 0 Å². The van der Waals surface area contributed by atoms with Crippen LogP contribution in [0.15, 0.2) is 23.3 Å². The van der Waals surface area contributed by atoms with Crippen molar-refractivity contribution in [3.8, 4) is 0 Å². The SMILES string of the molecule is CC[C@H]1[C@@H]2CC/C(=C/C(C)=O)C(C)(C)C2=CC[C@]1(C)CC(=O)COC(C)(C)C. The molecule has 0 aromatic rings. The zero-order valence-electron chi connectivity index (χ0n) is 19.3. The Labute approximate surface area is 172 Å². The molecule has 3 nitrogen and oxygen atoms in total. The van der Waals surface area contributed by atoms with E-state index in [0.29, 0.717) is 18.3 Å². The average molecular weight is 389 g/mol. The summed E-state index contributed by atoms with van der Waals surface area (Å²) in [5, 5.41) is 0. The van der Waals surface area contributed by atoms with E-state index in [1.54, 1.807) is 6.92 Å². The molecule has 3 heteroatoms. The van der Waals surface area contributed by atoms with E-state index in [1.807, 2.05) is 26.8 Å². The van der Waals surface area contributed by atoms with Gasteiger partial charge in [-0.15, -0.1) is 0 Å². The van der Waals surface area contributed by atoms with Crippen LogP contribution < -0.4 is 0 Å². The van der Waals surface area contributed by atoms with Crippen LogP contribution in [0.4, 0.5) is 0 Å². The Hall–Kier alpha value is -1.22. The standard InChI is InChI=1S/C25H40O3/c1-9-21-20-11-10-18(14-17(2)26)24(6,7)22(20)12-13-25(21,8)15-19(27)16-28-23(3,4)5/h12,14,20-21H,9-11,13,15-16H2,1-8H3/b18-14-/t20-,21-,25+/m0/s1. The number of hydrogen-bond donors (Lipinski definition) is 0. The first-order valence-corrected chi connectivity index (χ1v) is 10.9. The van der Waals surface area contributed by atoms with Crippen molar-refractivity contribution in [2.45, 2.75) is 93.1 Å². The summed E-state index contributed by atoms with van der Waals surface area (Å²) in [5.74, 6) is 1.34. The smallest absolute Gasteiger partial charge is 0.159 e. The Balaban J connectivity index is 2.25. The van der Waals surface area contributed by atoms with Gasteiger partial charge in [-0.3, -0.25) is 9.59 Å². The van der Waals surface area contributed by atoms with Crippen molar-refractivity contribution < 1.29 is 14.3 Å². The minimum absolute atomic E-state index is 0.0148. The van der Waals surface area contributed by atoms with Gasteiger partial charge in [0, 0.05) is 11.8 Å². The molecule has 0 amide bonds. The largest absolute Gasteiger partial charge is 0.368 e. The number of fused-ring (bicyclic) bond motifs is 1. The summed E-state index contributed by atoms with van der Waals surface area (Å²) in [5.41, 5.74) is 2.37. The highest BCUT2D eigenvalue weighted by molar-refractivity contribution is 5.88. The van der Waals surface area contributed by atoms with Gasteiger partial charge in [0.15, 0.2) is 11.6 Å². The van der Waals surface area contributed by atoms with Crippen LogP contribution in [0.1, 0.15) is 87.5 Å². The molecule has 2 rings (SSSR count). The number of carbonyl (C=O) groups is 2. The van der Waals surface area contributed by atoms with Crippen LogP contribution in [0.3, 0.4) is 0 Å². The Bertz CT molecular complexity index is 674. The summed E-state index contributed by atoms with van der Waals surface area (Å²) >= 11 is 0. The highest BCUT2D eigenvalue weighted by Gasteiger charge is 2.48. The Morgan fingerprint density at radius 1 is 1.25 bits per heavy atom. The molecule has 1 fully saturated rings. The Morgan fingerprint density at radius 2 is 1.89 bits per heavy atom. The predicted octanol–water partition coefficient (Wildman–Crippen LogP) is 6.07. The normalized spacial score (nSPS) is 31.3. The third-order valence-corrected chi connectivity index (χ3v) is 6.90. The molecule has 0 spiro atoms. The van der Waals surface area contributed by atoms with E-state index >= 15 is 0 Å². The molecule has 0 aromatic heterocycles. The zero-order chi connectivity index (χ0) is 21.3. The number of rotatable bonds is 6. The van der Waals surface area contributed by atoms with Gasteiger partial charge in [-0.25, -0.2) is 0 Å². The van der Waals surface area contributed by atoms with Crippen molar-refractivity contribution in [3.63, 3.8) is 0 Å². The van der Waals surface area contributed by atoms with Crippen molar-refractivity contribution in [1.82, 2.24) is 0 Å². The molecule has 0 aromatic carbocycles. The molecule has 2 aliphatic rings. The molecule has 0 N–H and O–H groups in total. The molecule has 2 aliphatic carbocycles. The number of ketones is 2. The molecule has 0 radical (unpaired) electrons. The topological polar surface area (TPSA) is 43.4 Å². The third kappa shape index (κ3) is 5.03. The second-order valence-electron chi connectivity index (χ2n) is 10.7. The second kappa shape index (κ2) is 8.26. The fourth-order valence-electron chi connectivity index (χ4n) is 5.51. The Kier molecular flexibility index (Phi) is 6.80. The van der Waals surface area contributed by atoms with E-state index in [4.69, 9.17) is 4.74 Å². The lowest BCUT2D eigenvalue weighted by atomic mass is 9.52. The van der Waals surface area contributed by atoms with Crippen molar-refractivity contribution in [3.05, 3.63) is 23.3 Å². The molecule has 0 heterocycles. The van der Waals surface area contributed by atoms with Crippen molar-refractivity contribution in [1.29, 1.82) is 0 Å². The second-order valence-corrected chi connectivity index (χ2v) is 10.7. The molecule has 0 saturated heterocycles. The van der Waals surface area contributed by atoms with E-state index in [0.717, 1.165) is 25.7 Å².